The lowest BCUT2D eigenvalue weighted by atomic mass is 9.98. The Kier molecular flexibility index (Phi) is 4.61. The fourth-order valence-electron chi connectivity index (χ4n) is 4.84. The predicted molar refractivity (Wildman–Crippen MR) is 124 cm³/mol. The van der Waals surface area contributed by atoms with Gasteiger partial charge in [-0.2, -0.15) is 0 Å². The zero-order valence-corrected chi connectivity index (χ0v) is 17.9. The first kappa shape index (κ1) is 19.3. The molecule has 0 fully saturated rings. The van der Waals surface area contributed by atoms with E-state index in [1.807, 2.05) is 37.4 Å². The third-order valence-electron chi connectivity index (χ3n) is 6.46. The first-order chi connectivity index (χ1) is 15.7. The minimum Gasteiger partial charge on any atom is -0.486 e. The molecular formula is C26H24FN3O2. The SMILES string of the molecule is Cn1cc(C2=CCN(CC3COc4ccc5ncccc5c4O3)CC2)c2cc(F)ccc21. The Morgan fingerprint density at radius 2 is 2.09 bits per heavy atom. The Morgan fingerprint density at radius 3 is 2.97 bits per heavy atom. The van der Waals surface area contributed by atoms with Crippen LogP contribution in [0.3, 0.4) is 0 Å². The first-order valence-corrected chi connectivity index (χ1v) is 11.0. The van der Waals surface area contributed by atoms with E-state index in [0.29, 0.717) is 6.61 Å². The maximum absolute atomic E-state index is 13.9. The second-order valence-electron chi connectivity index (χ2n) is 8.57. The van der Waals surface area contributed by atoms with Crippen molar-refractivity contribution in [3.8, 4) is 11.5 Å². The molecule has 32 heavy (non-hydrogen) atoms. The second kappa shape index (κ2) is 7.64. The van der Waals surface area contributed by atoms with Gasteiger partial charge in [0, 0.05) is 60.9 Å². The van der Waals surface area contributed by atoms with Gasteiger partial charge in [-0.3, -0.25) is 9.88 Å². The molecule has 2 aliphatic rings. The lowest BCUT2D eigenvalue weighted by molar-refractivity contribution is 0.0632. The average molecular weight is 429 g/mol. The molecule has 0 saturated heterocycles. The van der Waals surface area contributed by atoms with Crippen LogP contribution >= 0.6 is 0 Å². The lowest BCUT2D eigenvalue weighted by Crippen LogP contribution is -2.42. The summed E-state index contributed by atoms with van der Waals surface area (Å²) in [4.78, 5) is 6.80. The van der Waals surface area contributed by atoms with E-state index in [0.717, 1.165) is 64.9 Å². The summed E-state index contributed by atoms with van der Waals surface area (Å²) in [6.45, 7) is 3.10. The van der Waals surface area contributed by atoms with Crippen LogP contribution < -0.4 is 9.47 Å². The van der Waals surface area contributed by atoms with E-state index >= 15 is 0 Å². The largest absolute Gasteiger partial charge is 0.486 e. The number of hydrogen-bond acceptors (Lipinski definition) is 4. The van der Waals surface area contributed by atoms with Gasteiger partial charge in [-0.05, 0) is 54.5 Å². The van der Waals surface area contributed by atoms with Gasteiger partial charge in [-0.15, -0.1) is 0 Å². The Labute approximate surface area is 185 Å². The van der Waals surface area contributed by atoms with E-state index in [1.165, 1.54) is 11.6 Å². The van der Waals surface area contributed by atoms with Gasteiger partial charge in [0.25, 0.3) is 0 Å². The summed E-state index contributed by atoms with van der Waals surface area (Å²) >= 11 is 0. The summed E-state index contributed by atoms with van der Waals surface area (Å²) in [5.41, 5.74) is 4.37. The highest BCUT2D eigenvalue weighted by Crippen LogP contribution is 2.38. The maximum atomic E-state index is 13.9. The number of hydrogen-bond donors (Lipinski definition) is 0. The number of aromatic nitrogens is 2. The summed E-state index contributed by atoms with van der Waals surface area (Å²) in [6, 6.07) is 12.9. The van der Waals surface area contributed by atoms with Gasteiger partial charge in [0.05, 0.1) is 5.52 Å². The number of fused-ring (bicyclic) bond motifs is 4. The van der Waals surface area contributed by atoms with Crippen molar-refractivity contribution in [3.63, 3.8) is 0 Å². The summed E-state index contributed by atoms with van der Waals surface area (Å²) in [6.07, 6.45) is 7.06. The molecule has 5 nitrogen and oxygen atoms in total. The van der Waals surface area contributed by atoms with Crippen LogP contribution in [0.15, 0.2) is 60.9 Å². The topological polar surface area (TPSA) is 39.5 Å². The fraction of sp³-hybridized carbons (Fsp3) is 0.269. The monoisotopic (exact) mass is 429 g/mol. The van der Waals surface area contributed by atoms with Crippen LogP contribution in [0.2, 0.25) is 0 Å². The molecule has 0 radical (unpaired) electrons. The molecule has 4 heterocycles. The lowest BCUT2D eigenvalue weighted by Gasteiger charge is -2.33. The zero-order chi connectivity index (χ0) is 21.7. The van der Waals surface area contributed by atoms with Crippen molar-refractivity contribution in [2.75, 3.05) is 26.2 Å². The van der Waals surface area contributed by atoms with Crippen LogP contribution in [-0.2, 0) is 7.05 Å². The minimum atomic E-state index is -0.194. The van der Waals surface area contributed by atoms with E-state index in [1.54, 1.807) is 12.3 Å². The third kappa shape index (κ3) is 3.31. The van der Waals surface area contributed by atoms with E-state index in [4.69, 9.17) is 9.47 Å². The van der Waals surface area contributed by atoms with Gasteiger partial charge in [0.2, 0.25) is 0 Å². The number of pyridine rings is 1. The molecule has 2 aliphatic heterocycles. The van der Waals surface area contributed by atoms with Crippen LogP contribution in [0.25, 0.3) is 27.4 Å². The molecule has 2 aromatic carbocycles. The van der Waals surface area contributed by atoms with Crippen LogP contribution in [0.1, 0.15) is 12.0 Å². The molecular weight excluding hydrogens is 405 g/mol. The Hall–Kier alpha value is -3.38. The summed E-state index contributed by atoms with van der Waals surface area (Å²) in [5, 5.41) is 1.96. The molecule has 1 unspecified atom stereocenters. The quantitative estimate of drug-likeness (QED) is 0.469. The van der Waals surface area contributed by atoms with Gasteiger partial charge in [0.1, 0.15) is 18.5 Å². The van der Waals surface area contributed by atoms with Crippen molar-refractivity contribution in [2.45, 2.75) is 12.5 Å². The molecule has 1 atom stereocenters. The van der Waals surface area contributed by atoms with Crippen molar-refractivity contribution in [1.29, 1.82) is 0 Å². The average Bonchev–Trinajstić information content (AvgIpc) is 3.15. The van der Waals surface area contributed by atoms with Crippen molar-refractivity contribution in [1.82, 2.24) is 14.5 Å². The molecule has 6 heteroatoms. The highest BCUT2D eigenvalue weighted by Gasteiger charge is 2.26. The van der Waals surface area contributed by atoms with E-state index in [9.17, 15) is 4.39 Å². The number of benzene rings is 2. The second-order valence-corrected chi connectivity index (χ2v) is 8.57. The van der Waals surface area contributed by atoms with Crippen LogP contribution in [-0.4, -0.2) is 46.8 Å². The van der Waals surface area contributed by atoms with Gasteiger partial charge in [0.15, 0.2) is 11.5 Å². The molecule has 4 aromatic rings. The van der Waals surface area contributed by atoms with Gasteiger partial charge in [-0.1, -0.05) is 6.08 Å². The third-order valence-corrected chi connectivity index (χ3v) is 6.46. The summed E-state index contributed by atoms with van der Waals surface area (Å²) in [7, 11) is 2.01. The molecule has 6 rings (SSSR count). The molecule has 0 bridgehead atoms. The number of nitrogens with zero attached hydrogens (tertiary/aromatic N) is 3. The normalized spacial score (nSPS) is 18.8. The highest BCUT2D eigenvalue weighted by molar-refractivity contribution is 5.93. The van der Waals surface area contributed by atoms with E-state index in [-0.39, 0.29) is 11.9 Å². The van der Waals surface area contributed by atoms with Crippen LogP contribution in [0.4, 0.5) is 4.39 Å². The Balaban J connectivity index is 1.19. The zero-order valence-electron chi connectivity index (χ0n) is 17.9. The highest BCUT2D eigenvalue weighted by atomic mass is 19.1. The van der Waals surface area contributed by atoms with Crippen LogP contribution in [0, 0.1) is 5.82 Å². The standard InChI is InChI=1S/C26H24FN3O2/c1-29-15-22(21-13-18(27)4-6-24(21)29)17-8-11-30(12-9-17)14-19-16-31-25-7-5-23-20(26(25)32-19)3-2-10-28-23/h2-8,10,13,15,19H,9,11-12,14,16H2,1H3. The Morgan fingerprint density at radius 1 is 1.16 bits per heavy atom. The maximum Gasteiger partial charge on any atom is 0.171 e. The summed E-state index contributed by atoms with van der Waals surface area (Å²) in [5.74, 6) is 1.38. The first-order valence-electron chi connectivity index (χ1n) is 11.0. The summed E-state index contributed by atoms with van der Waals surface area (Å²) < 4.78 is 28.3. The number of aryl methyl sites for hydroxylation is 1. The number of halogens is 1. The smallest absolute Gasteiger partial charge is 0.171 e. The molecule has 2 aromatic heterocycles. The van der Waals surface area contributed by atoms with Crippen molar-refractivity contribution >= 4 is 27.4 Å². The van der Waals surface area contributed by atoms with Crippen molar-refractivity contribution in [2.24, 2.45) is 7.05 Å². The van der Waals surface area contributed by atoms with Crippen molar-refractivity contribution in [3.05, 3.63) is 72.3 Å². The molecule has 0 spiro atoms. The number of ether oxygens (including phenoxy) is 2. The minimum absolute atomic E-state index is 0.0325. The van der Waals surface area contributed by atoms with E-state index in [2.05, 4.69) is 26.7 Å². The number of rotatable bonds is 3. The molecule has 0 amide bonds. The molecule has 0 aliphatic carbocycles. The van der Waals surface area contributed by atoms with Crippen LogP contribution in [0.5, 0.6) is 11.5 Å². The van der Waals surface area contributed by atoms with Gasteiger partial charge in [-0.25, -0.2) is 4.39 Å². The molecule has 162 valence electrons. The molecule has 0 N–H and O–H groups in total. The predicted octanol–water partition coefficient (Wildman–Crippen LogP) is 4.79. The van der Waals surface area contributed by atoms with E-state index < -0.39 is 0 Å². The fourth-order valence-corrected chi connectivity index (χ4v) is 4.84. The van der Waals surface area contributed by atoms with Gasteiger partial charge < -0.3 is 14.0 Å². The molecule has 0 saturated carbocycles. The van der Waals surface area contributed by atoms with Gasteiger partial charge >= 0.3 is 0 Å². The van der Waals surface area contributed by atoms with Crippen molar-refractivity contribution < 1.29 is 13.9 Å². The Bertz CT molecular complexity index is 1360.